The van der Waals surface area contributed by atoms with Crippen LogP contribution in [0.5, 0.6) is 5.75 Å². The zero-order valence-electron chi connectivity index (χ0n) is 12.4. The van der Waals surface area contributed by atoms with Gasteiger partial charge in [-0.25, -0.2) is 4.39 Å². The van der Waals surface area contributed by atoms with Crippen LogP contribution in [0.4, 0.5) is 10.1 Å². The van der Waals surface area contributed by atoms with Crippen molar-refractivity contribution in [3.05, 3.63) is 59.4 Å². The van der Waals surface area contributed by atoms with Gasteiger partial charge in [0.15, 0.2) is 0 Å². The molecular weight excluding hydrogens is 265 g/mol. The molecule has 0 spiro atoms. The number of nitrogens with one attached hydrogen (secondary N) is 1. The Morgan fingerprint density at radius 3 is 2.43 bits per heavy atom. The number of benzene rings is 2. The fourth-order valence-corrected chi connectivity index (χ4v) is 2.68. The number of hydrogen-bond donors (Lipinski definition) is 1. The summed E-state index contributed by atoms with van der Waals surface area (Å²) >= 11 is 0. The molecule has 1 fully saturated rings. The minimum atomic E-state index is -0.186. The standard InChI is InChI=1S/C18H20FNO/c1-12-4-3-5-16(19)17(12)20-18(13-6-7-13)14-8-10-15(21-2)11-9-14/h3-5,8-11,13,18,20H,6-7H2,1-2H3. The third kappa shape index (κ3) is 3.02. The van der Waals surface area contributed by atoms with Crippen molar-refractivity contribution in [1.29, 1.82) is 0 Å². The van der Waals surface area contributed by atoms with Crippen molar-refractivity contribution in [2.24, 2.45) is 5.92 Å². The SMILES string of the molecule is COc1ccc(C(Nc2c(C)cccc2F)C2CC2)cc1. The minimum absolute atomic E-state index is 0.159. The van der Waals surface area contributed by atoms with E-state index in [1.807, 2.05) is 25.1 Å². The summed E-state index contributed by atoms with van der Waals surface area (Å²) in [6.45, 7) is 1.93. The highest BCUT2D eigenvalue weighted by Gasteiger charge is 2.33. The van der Waals surface area contributed by atoms with Crippen molar-refractivity contribution in [3.63, 3.8) is 0 Å². The van der Waals surface area contributed by atoms with E-state index in [9.17, 15) is 4.39 Å². The highest BCUT2D eigenvalue weighted by Crippen LogP contribution is 2.43. The van der Waals surface area contributed by atoms with Crippen molar-refractivity contribution in [2.75, 3.05) is 12.4 Å². The number of aryl methyl sites for hydroxylation is 1. The minimum Gasteiger partial charge on any atom is -0.497 e. The van der Waals surface area contributed by atoms with E-state index in [0.29, 0.717) is 11.6 Å². The van der Waals surface area contributed by atoms with E-state index in [4.69, 9.17) is 4.74 Å². The number of rotatable bonds is 5. The maximum absolute atomic E-state index is 14.0. The third-order valence-electron chi connectivity index (χ3n) is 4.09. The van der Waals surface area contributed by atoms with Crippen LogP contribution < -0.4 is 10.1 Å². The van der Waals surface area contributed by atoms with Crippen molar-refractivity contribution in [3.8, 4) is 5.75 Å². The normalized spacial score (nSPS) is 15.6. The van der Waals surface area contributed by atoms with E-state index >= 15 is 0 Å². The Morgan fingerprint density at radius 1 is 1.14 bits per heavy atom. The predicted octanol–water partition coefficient (Wildman–Crippen LogP) is 4.71. The monoisotopic (exact) mass is 285 g/mol. The smallest absolute Gasteiger partial charge is 0.146 e. The molecular formula is C18H20FNO. The van der Waals surface area contributed by atoms with E-state index < -0.39 is 0 Å². The Bertz CT molecular complexity index is 599. The van der Waals surface area contributed by atoms with Gasteiger partial charge in [-0.1, -0.05) is 24.3 Å². The fourth-order valence-electron chi connectivity index (χ4n) is 2.68. The Balaban J connectivity index is 1.88. The molecule has 2 aromatic rings. The van der Waals surface area contributed by atoms with Crippen LogP contribution >= 0.6 is 0 Å². The molecule has 0 heterocycles. The second kappa shape index (κ2) is 5.76. The lowest BCUT2D eigenvalue weighted by molar-refractivity contribution is 0.414. The summed E-state index contributed by atoms with van der Waals surface area (Å²) in [6.07, 6.45) is 2.38. The van der Waals surface area contributed by atoms with Crippen molar-refractivity contribution < 1.29 is 9.13 Å². The van der Waals surface area contributed by atoms with Crippen LogP contribution in [0.2, 0.25) is 0 Å². The van der Waals surface area contributed by atoms with E-state index in [-0.39, 0.29) is 11.9 Å². The average Bonchev–Trinajstić information content (AvgIpc) is 3.32. The Hall–Kier alpha value is -2.03. The first-order valence-electron chi connectivity index (χ1n) is 7.34. The highest BCUT2D eigenvalue weighted by atomic mass is 19.1. The van der Waals surface area contributed by atoms with Gasteiger partial charge in [-0.2, -0.15) is 0 Å². The lowest BCUT2D eigenvalue weighted by Gasteiger charge is -2.22. The van der Waals surface area contributed by atoms with Crippen LogP contribution in [0.1, 0.15) is 30.0 Å². The van der Waals surface area contributed by atoms with Crippen LogP contribution in [-0.2, 0) is 0 Å². The van der Waals surface area contributed by atoms with Gasteiger partial charge in [0, 0.05) is 0 Å². The van der Waals surface area contributed by atoms with E-state index in [1.165, 1.54) is 24.5 Å². The van der Waals surface area contributed by atoms with Gasteiger partial charge in [-0.15, -0.1) is 0 Å². The zero-order chi connectivity index (χ0) is 14.8. The second-order valence-electron chi connectivity index (χ2n) is 5.66. The first kappa shape index (κ1) is 13.9. The molecule has 0 saturated heterocycles. The molecule has 3 heteroatoms. The van der Waals surface area contributed by atoms with Crippen molar-refractivity contribution in [1.82, 2.24) is 0 Å². The van der Waals surface area contributed by atoms with Crippen molar-refractivity contribution in [2.45, 2.75) is 25.8 Å². The number of halogens is 1. The molecule has 0 amide bonds. The van der Waals surface area contributed by atoms with E-state index in [2.05, 4.69) is 17.4 Å². The summed E-state index contributed by atoms with van der Waals surface area (Å²) in [7, 11) is 1.66. The summed E-state index contributed by atoms with van der Waals surface area (Å²) in [6, 6.07) is 13.4. The van der Waals surface area contributed by atoms with Gasteiger partial charge in [0.25, 0.3) is 0 Å². The van der Waals surface area contributed by atoms with Gasteiger partial charge in [0.2, 0.25) is 0 Å². The number of anilines is 1. The average molecular weight is 285 g/mol. The van der Waals surface area contributed by atoms with Gasteiger partial charge in [-0.05, 0) is 55.0 Å². The van der Waals surface area contributed by atoms with Crippen LogP contribution in [0, 0.1) is 18.7 Å². The van der Waals surface area contributed by atoms with Gasteiger partial charge in [-0.3, -0.25) is 0 Å². The number of methoxy groups -OCH3 is 1. The molecule has 3 rings (SSSR count). The summed E-state index contributed by atoms with van der Waals surface area (Å²) in [5, 5.41) is 3.42. The zero-order valence-corrected chi connectivity index (χ0v) is 12.4. The molecule has 0 bridgehead atoms. The molecule has 2 aromatic carbocycles. The molecule has 1 aliphatic carbocycles. The largest absolute Gasteiger partial charge is 0.497 e. The quantitative estimate of drug-likeness (QED) is 0.859. The summed E-state index contributed by atoms with van der Waals surface area (Å²) in [5.41, 5.74) is 2.74. The molecule has 21 heavy (non-hydrogen) atoms. The topological polar surface area (TPSA) is 21.3 Å². The maximum Gasteiger partial charge on any atom is 0.146 e. The van der Waals surface area contributed by atoms with Gasteiger partial charge in [0.05, 0.1) is 18.8 Å². The Morgan fingerprint density at radius 2 is 1.86 bits per heavy atom. The lowest BCUT2D eigenvalue weighted by Crippen LogP contribution is -2.14. The van der Waals surface area contributed by atoms with Crippen LogP contribution in [0.15, 0.2) is 42.5 Å². The second-order valence-corrected chi connectivity index (χ2v) is 5.66. The molecule has 1 saturated carbocycles. The van der Waals surface area contributed by atoms with Gasteiger partial charge >= 0.3 is 0 Å². The molecule has 1 atom stereocenters. The Labute approximate surface area is 125 Å². The summed E-state index contributed by atoms with van der Waals surface area (Å²) in [4.78, 5) is 0. The molecule has 2 nitrogen and oxygen atoms in total. The number of para-hydroxylation sites is 1. The third-order valence-corrected chi connectivity index (χ3v) is 4.09. The number of hydrogen-bond acceptors (Lipinski definition) is 2. The highest BCUT2D eigenvalue weighted by molar-refractivity contribution is 5.53. The van der Waals surface area contributed by atoms with Crippen LogP contribution in [0.25, 0.3) is 0 Å². The van der Waals surface area contributed by atoms with Crippen LogP contribution in [0.3, 0.4) is 0 Å². The van der Waals surface area contributed by atoms with Gasteiger partial charge < -0.3 is 10.1 Å². The molecule has 0 aliphatic heterocycles. The van der Waals surface area contributed by atoms with E-state index in [0.717, 1.165) is 11.3 Å². The molecule has 1 aliphatic rings. The lowest BCUT2D eigenvalue weighted by atomic mass is 10.0. The first-order valence-corrected chi connectivity index (χ1v) is 7.34. The van der Waals surface area contributed by atoms with Crippen molar-refractivity contribution >= 4 is 5.69 Å². The molecule has 0 radical (unpaired) electrons. The molecule has 0 aromatic heterocycles. The van der Waals surface area contributed by atoms with E-state index in [1.54, 1.807) is 13.2 Å². The maximum atomic E-state index is 14.0. The number of ether oxygens (including phenoxy) is 1. The fraction of sp³-hybridized carbons (Fsp3) is 0.333. The molecule has 1 unspecified atom stereocenters. The summed E-state index contributed by atoms with van der Waals surface area (Å²) in [5.74, 6) is 1.24. The predicted molar refractivity (Wildman–Crippen MR) is 83.2 cm³/mol. The van der Waals surface area contributed by atoms with Crippen LogP contribution in [-0.4, -0.2) is 7.11 Å². The Kier molecular flexibility index (Phi) is 3.82. The molecule has 110 valence electrons. The first-order chi connectivity index (χ1) is 10.2. The molecule has 1 N–H and O–H groups in total. The summed E-state index contributed by atoms with van der Waals surface area (Å²) < 4.78 is 19.2. The van der Waals surface area contributed by atoms with Gasteiger partial charge in [0.1, 0.15) is 11.6 Å².